The molecule has 5 heteroatoms. The van der Waals surface area contributed by atoms with Gasteiger partial charge < -0.3 is 15.0 Å². The van der Waals surface area contributed by atoms with Gasteiger partial charge in [0.25, 0.3) is 5.91 Å². The Morgan fingerprint density at radius 1 is 1.26 bits per heavy atom. The third-order valence-electron chi connectivity index (χ3n) is 4.75. The number of anilines is 2. The molecule has 118 valence electrons. The zero-order chi connectivity index (χ0) is 16.0. The topological polar surface area (TPSA) is 41.6 Å². The number of carbonyl (C=O) groups excluding carboxylic acids is 1. The highest BCUT2D eigenvalue weighted by atomic mass is 79.9. The quantitative estimate of drug-likeness (QED) is 0.875. The fourth-order valence-electron chi connectivity index (χ4n) is 3.54. The number of ether oxygens (including phenoxy) is 1. The van der Waals surface area contributed by atoms with E-state index in [0.29, 0.717) is 6.54 Å². The van der Waals surface area contributed by atoms with Crippen molar-refractivity contribution >= 4 is 33.2 Å². The van der Waals surface area contributed by atoms with Crippen LogP contribution >= 0.6 is 15.9 Å². The van der Waals surface area contributed by atoms with E-state index in [9.17, 15) is 4.79 Å². The molecular weight excluding hydrogens is 356 g/mol. The fraction of sp³-hybridized carbons (Fsp3) is 0.278. The van der Waals surface area contributed by atoms with Crippen molar-refractivity contribution in [3.05, 3.63) is 52.5 Å². The summed E-state index contributed by atoms with van der Waals surface area (Å²) in [4.78, 5) is 14.9. The van der Waals surface area contributed by atoms with Crippen molar-refractivity contribution < 1.29 is 9.53 Å². The van der Waals surface area contributed by atoms with Crippen molar-refractivity contribution in [2.75, 3.05) is 23.9 Å². The van der Waals surface area contributed by atoms with E-state index in [2.05, 4.69) is 27.3 Å². The molecule has 4 nitrogen and oxygen atoms in total. The average Bonchev–Trinajstić information content (AvgIpc) is 3.09. The summed E-state index contributed by atoms with van der Waals surface area (Å²) in [5.41, 5.74) is 2.68. The lowest BCUT2D eigenvalue weighted by molar-refractivity contribution is -0.120. The van der Waals surface area contributed by atoms with Crippen molar-refractivity contribution in [2.24, 2.45) is 0 Å². The molecule has 1 atom stereocenters. The van der Waals surface area contributed by atoms with Crippen LogP contribution in [0.3, 0.4) is 0 Å². The van der Waals surface area contributed by atoms with Gasteiger partial charge in [0.15, 0.2) is 0 Å². The van der Waals surface area contributed by atoms with E-state index in [1.54, 1.807) is 7.11 Å². The molecule has 0 aromatic heterocycles. The number of para-hydroxylation sites is 1. The van der Waals surface area contributed by atoms with E-state index in [-0.39, 0.29) is 5.91 Å². The van der Waals surface area contributed by atoms with Crippen molar-refractivity contribution in [1.29, 1.82) is 0 Å². The molecule has 2 aromatic rings. The van der Waals surface area contributed by atoms with Crippen LogP contribution in [0.4, 0.5) is 11.4 Å². The zero-order valence-electron chi connectivity index (χ0n) is 12.8. The molecule has 1 saturated heterocycles. The molecule has 1 N–H and O–H groups in total. The lowest BCUT2D eigenvalue weighted by atomic mass is 9.93. The summed E-state index contributed by atoms with van der Waals surface area (Å²) in [7, 11) is 1.63. The van der Waals surface area contributed by atoms with Crippen molar-refractivity contribution in [1.82, 2.24) is 0 Å². The normalized spacial score (nSPS) is 22.3. The minimum atomic E-state index is -0.496. The van der Waals surface area contributed by atoms with Gasteiger partial charge in [0, 0.05) is 30.4 Å². The monoisotopic (exact) mass is 372 g/mol. The van der Waals surface area contributed by atoms with Gasteiger partial charge in [0.05, 0.1) is 11.6 Å². The lowest BCUT2D eigenvalue weighted by Gasteiger charge is -2.24. The molecule has 0 radical (unpaired) electrons. The average molecular weight is 373 g/mol. The third-order valence-corrected chi connectivity index (χ3v) is 5.40. The number of nitrogens with zero attached hydrogens (tertiary/aromatic N) is 1. The van der Waals surface area contributed by atoms with Crippen LogP contribution in [0.15, 0.2) is 46.9 Å². The fourth-order valence-corrected chi connectivity index (χ4v) is 3.94. The smallest absolute Gasteiger partial charge is 0.253 e. The molecule has 2 heterocycles. The first-order valence-corrected chi connectivity index (χ1v) is 8.44. The van der Waals surface area contributed by atoms with E-state index in [0.717, 1.165) is 34.4 Å². The Labute approximate surface area is 143 Å². The largest absolute Gasteiger partial charge is 0.495 e. The zero-order valence-corrected chi connectivity index (χ0v) is 14.4. The summed E-state index contributed by atoms with van der Waals surface area (Å²) in [6.45, 7) is 0.713. The van der Waals surface area contributed by atoms with Gasteiger partial charge in [0.2, 0.25) is 0 Å². The third kappa shape index (κ3) is 2.22. The van der Waals surface area contributed by atoms with Crippen molar-refractivity contribution in [3.8, 4) is 5.75 Å². The van der Waals surface area contributed by atoms with E-state index in [1.807, 2.05) is 41.3 Å². The molecule has 2 aromatic carbocycles. The molecule has 0 bridgehead atoms. The highest BCUT2D eigenvalue weighted by Gasteiger charge is 2.50. The number of halogens is 1. The highest BCUT2D eigenvalue weighted by molar-refractivity contribution is 9.10. The molecule has 1 unspecified atom stereocenters. The number of benzene rings is 2. The summed E-state index contributed by atoms with van der Waals surface area (Å²) in [5, 5.41) is 3.47. The summed E-state index contributed by atoms with van der Waals surface area (Å²) in [6.07, 6.45) is 1.56. The first-order valence-electron chi connectivity index (χ1n) is 7.64. The molecular formula is C18H17BrN2O2. The number of hydrogen-bond donors (Lipinski definition) is 1. The minimum Gasteiger partial charge on any atom is -0.495 e. The molecule has 1 spiro atoms. The summed E-state index contributed by atoms with van der Waals surface area (Å²) in [5.74, 6) is 0.872. The number of nitrogens with one attached hydrogen (secondary N) is 1. The predicted octanol–water partition coefficient (Wildman–Crippen LogP) is 3.60. The van der Waals surface area contributed by atoms with Crippen LogP contribution in [-0.4, -0.2) is 25.1 Å². The predicted molar refractivity (Wildman–Crippen MR) is 94.2 cm³/mol. The second-order valence-electron chi connectivity index (χ2n) is 6.07. The molecule has 4 rings (SSSR count). The van der Waals surface area contributed by atoms with Gasteiger partial charge in [-0.1, -0.05) is 18.2 Å². The van der Waals surface area contributed by atoms with E-state index < -0.39 is 5.54 Å². The maximum atomic E-state index is 13.1. The Morgan fingerprint density at radius 3 is 2.87 bits per heavy atom. The SMILES string of the molecule is COc1cc(N2CCC3(Cc4ccccc4N3)C2=O)ccc1Br. The summed E-state index contributed by atoms with van der Waals surface area (Å²) >= 11 is 3.45. The van der Waals surface area contributed by atoms with Gasteiger partial charge in [-0.05, 0) is 46.1 Å². The van der Waals surface area contributed by atoms with Gasteiger partial charge in [-0.3, -0.25) is 4.79 Å². The Kier molecular flexibility index (Phi) is 3.34. The maximum Gasteiger partial charge on any atom is 0.253 e. The van der Waals surface area contributed by atoms with Crippen molar-refractivity contribution in [2.45, 2.75) is 18.4 Å². The van der Waals surface area contributed by atoms with E-state index >= 15 is 0 Å². The van der Waals surface area contributed by atoms with E-state index in [1.165, 1.54) is 5.56 Å². The van der Waals surface area contributed by atoms with Crippen LogP contribution in [0.25, 0.3) is 0 Å². The second kappa shape index (κ2) is 5.27. The van der Waals surface area contributed by atoms with E-state index in [4.69, 9.17) is 4.74 Å². The van der Waals surface area contributed by atoms with Crippen LogP contribution in [0.2, 0.25) is 0 Å². The number of amides is 1. The Bertz CT molecular complexity index is 765. The van der Waals surface area contributed by atoms with Gasteiger partial charge >= 0.3 is 0 Å². The number of rotatable bonds is 2. The number of methoxy groups -OCH3 is 1. The standard InChI is InChI=1S/C18H17BrN2O2/c1-23-16-10-13(6-7-14(16)19)21-9-8-18(17(21)22)11-12-4-2-3-5-15(12)20-18/h2-7,10,20H,8-9,11H2,1H3. The number of fused-ring (bicyclic) bond motifs is 1. The number of carbonyl (C=O) groups is 1. The Hall–Kier alpha value is -2.01. The molecule has 2 aliphatic heterocycles. The molecule has 1 amide bonds. The van der Waals surface area contributed by atoms with Gasteiger partial charge in [0.1, 0.15) is 11.3 Å². The van der Waals surface area contributed by atoms with Crippen LogP contribution < -0.4 is 15.0 Å². The first kappa shape index (κ1) is 14.6. The number of hydrogen-bond acceptors (Lipinski definition) is 3. The first-order chi connectivity index (χ1) is 11.1. The van der Waals surface area contributed by atoms with Gasteiger partial charge in [-0.15, -0.1) is 0 Å². The van der Waals surface area contributed by atoms with Gasteiger partial charge in [-0.25, -0.2) is 0 Å². The molecule has 0 aliphatic carbocycles. The molecule has 23 heavy (non-hydrogen) atoms. The van der Waals surface area contributed by atoms with Crippen LogP contribution in [0, 0.1) is 0 Å². The van der Waals surface area contributed by atoms with Crippen LogP contribution in [0.5, 0.6) is 5.75 Å². The Morgan fingerprint density at radius 2 is 2.09 bits per heavy atom. The van der Waals surface area contributed by atoms with Crippen molar-refractivity contribution in [3.63, 3.8) is 0 Å². The molecule has 2 aliphatic rings. The second-order valence-corrected chi connectivity index (χ2v) is 6.92. The lowest BCUT2D eigenvalue weighted by Crippen LogP contribution is -2.45. The molecule has 1 fully saturated rings. The van der Waals surface area contributed by atoms with Gasteiger partial charge in [-0.2, -0.15) is 0 Å². The van der Waals surface area contributed by atoms with Crippen LogP contribution in [-0.2, 0) is 11.2 Å². The van der Waals surface area contributed by atoms with Crippen LogP contribution in [0.1, 0.15) is 12.0 Å². The minimum absolute atomic E-state index is 0.137. The Balaban J connectivity index is 1.64. The molecule has 0 saturated carbocycles. The maximum absolute atomic E-state index is 13.1. The highest BCUT2D eigenvalue weighted by Crippen LogP contribution is 2.41. The summed E-state index contributed by atoms with van der Waals surface area (Å²) < 4.78 is 6.23. The summed E-state index contributed by atoms with van der Waals surface area (Å²) in [6, 6.07) is 13.9.